The molecule has 0 aliphatic heterocycles. The van der Waals surface area contributed by atoms with Crippen molar-refractivity contribution < 1.29 is 14.7 Å². The van der Waals surface area contributed by atoms with Gasteiger partial charge in [0, 0.05) is 20.0 Å². The van der Waals surface area contributed by atoms with Gasteiger partial charge in [-0.05, 0) is 12.8 Å². The van der Waals surface area contributed by atoms with Crippen LogP contribution in [0.2, 0.25) is 0 Å². The molecule has 0 spiro atoms. The summed E-state index contributed by atoms with van der Waals surface area (Å²) in [5.41, 5.74) is 5.58. The number of amides is 1. The van der Waals surface area contributed by atoms with E-state index in [1.54, 1.807) is 11.9 Å². The molecule has 5 heteroatoms. The Kier molecular flexibility index (Phi) is 6.70. The Balaban J connectivity index is 3.90. The second-order valence-corrected chi connectivity index (χ2v) is 3.65. The van der Waals surface area contributed by atoms with Crippen LogP contribution in [0.1, 0.15) is 32.6 Å². The van der Waals surface area contributed by atoms with E-state index in [1.165, 1.54) is 0 Å². The van der Waals surface area contributed by atoms with E-state index >= 15 is 0 Å². The van der Waals surface area contributed by atoms with E-state index in [0.717, 1.165) is 12.8 Å². The highest BCUT2D eigenvalue weighted by atomic mass is 16.4. The average molecular weight is 216 g/mol. The molecule has 1 unspecified atom stereocenters. The summed E-state index contributed by atoms with van der Waals surface area (Å²) in [5.74, 6) is -1.10. The lowest BCUT2D eigenvalue weighted by molar-refractivity contribution is -0.137. The number of hydrogen-bond donors (Lipinski definition) is 2. The van der Waals surface area contributed by atoms with E-state index in [0.29, 0.717) is 6.54 Å². The van der Waals surface area contributed by atoms with Gasteiger partial charge in [0.05, 0.1) is 6.04 Å². The van der Waals surface area contributed by atoms with Crippen molar-refractivity contribution in [2.24, 2.45) is 5.73 Å². The third-order valence-corrected chi connectivity index (χ3v) is 2.21. The van der Waals surface area contributed by atoms with Crippen LogP contribution >= 0.6 is 0 Å². The molecule has 15 heavy (non-hydrogen) atoms. The van der Waals surface area contributed by atoms with Gasteiger partial charge in [-0.2, -0.15) is 0 Å². The fourth-order valence-electron chi connectivity index (χ4n) is 1.19. The summed E-state index contributed by atoms with van der Waals surface area (Å²) in [6.07, 6.45) is 2.09. The molecule has 0 saturated carbocycles. The fraction of sp³-hybridized carbons (Fsp3) is 0.800. The summed E-state index contributed by atoms with van der Waals surface area (Å²) >= 11 is 0. The van der Waals surface area contributed by atoms with E-state index in [2.05, 4.69) is 0 Å². The Morgan fingerprint density at radius 2 is 2.07 bits per heavy atom. The Morgan fingerprint density at radius 3 is 2.53 bits per heavy atom. The summed E-state index contributed by atoms with van der Waals surface area (Å²) in [4.78, 5) is 23.4. The van der Waals surface area contributed by atoms with Gasteiger partial charge in [0.25, 0.3) is 0 Å². The first-order valence-corrected chi connectivity index (χ1v) is 5.21. The molecule has 0 rings (SSSR count). The third-order valence-electron chi connectivity index (χ3n) is 2.21. The first kappa shape index (κ1) is 13.9. The van der Waals surface area contributed by atoms with Crippen LogP contribution in [0.25, 0.3) is 0 Å². The van der Waals surface area contributed by atoms with Crippen molar-refractivity contribution in [2.75, 3.05) is 13.6 Å². The summed E-state index contributed by atoms with van der Waals surface area (Å²) < 4.78 is 0. The molecule has 0 fully saturated rings. The molecule has 1 atom stereocenters. The van der Waals surface area contributed by atoms with E-state index in [4.69, 9.17) is 10.8 Å². The van der Waals surface area contributed by atoms with Crippen LogP contribution in [0.5, 0.6) is 0 Å². The highest BCUT2D eigenvalue weighted by Crippen LogP contribution is 2.00. The van der Waals surface area contributed by atoms with Gasteiger partial charge in [-0.3, -0.25) is 9.59 Å². The Morgan fingerprint density at radius 1 is 1.47 bits per heavy atom. The molecule has 0 radical (unpaired) electrons. The van der Waals surface area contributed by atoms with Gasteiger partial charge in [-0.25, -0.2) is 0 Å². The zero-order valence-corrected chi connectivity index (χ0v) is 9.40. The molecule has 3 N–H and O–H groups in total. The van der Waals surface area contributed by atoms with Crippen molar-refractivity contribution in [3.05, 3.63) is 0 Å². The molecule has 0 aromatic heterocycles. The topological polar surface area (TPSA) is 83.6 Å². The van der Waals surface area contributed by atoms with Gasteiger partial charge < -0.3 is 15.7 Å². The number of carboxylic acid groups (broad SMARTS) is 1. The molecule has 1 amide bonds. The molecule has 0 aromatic carbocycles. The number of likely N-dealkylation sites (N-methyl/N-ethyl adjacent to an activating group) is 1. The number of hydrogen-bond acceptors (Lipinski definition) is 3. The minimum Gasteiger partial charge on any atom is -0.481 e. The molecule has 0 heterocycles. The molecule has 88 valence electrons. The van der Waals surface area contributed by atoms with Crippen LogP contribution in [0, 0.1) is 0 Å². The Hall–Kier alpha value is -1.10. The number of aliphatic carboxylic acids is 1. The van der Waals surface area contributed by atoms with Crippen LogP contribution in [0.3, 0.4) is 0 Å². The normalized spacial score (nSPS) is 12.2. The van der Waals surface area contributed by atoms with E-state index in [1.807, 2.05) is 6.92 Å². The predicted octanol–water partition coefficient (Wildman–Crippen LogP) is 0.437. The van der Waals surface area contributed by atoms with Crippen molar-refractivity contribution >= 4 is 11.9 Å². The van der Waals surface area contributed by atoms with Gasteiger partial charge in [0.1, 0.15) is 0 Å². The minimum absolute atomic E-state index is 0.0610. The molecule has 0 bridgehead atoms. The van der Waals surface area contributed by atoms with Crippen molar-refractivity contribution in [3.8, 4) is 0 Å². The first-order valence-electron chi connectivity index (χ1n) is 5.21. The maximum atomic E-state index is 11.6. The van der Waals surface area contributed by atoms with Crippen LogP contribution in [-0.4, -0.2) is 41.5 Å². The number of carboxylic acids is 1. The SMILES string of the molecule is CCCCN(C)C(=O)C(N)CCC(=O)O. The van der Waals surface area contributed by atoms with Crippen molar-refractivity contribution in [1.29, 1.82) is 0 Å². The summed E-state index contributed by atoms with van der Waals surface area (Å²) in [6, 6.07) is -0.692. The standard InChI is InChI=1S/C10H20N2O3/c1-3-4-7-12(2)10(15)8(11)5-6-9(13)14/h8H,3-7,11H2,1-2H3,(H,13,14). The number of rotatable bonds is 7. The number of unbranched alkanes of at least 4 members (excludes halogenated alkanes) is 1. The maximum Gasteiger partial charge on any atom is 0.303 e. The van der Waals surface area contributed by atoms with Crippen LogP contribution < -0.4 is 5.73 Å². The minimum atomic E-state index is -0.922. The Bertz CT molecular complexity index is 219. The molecule has 0 aromatic rings. The molecule has 0 aliphatic carbocycles. The zero-order valence-electron chi connectivity index (χ0n) is 9.40. The average Bonchev–Trinajstić information content (AvgIpc) is 2.21. The summed E-state index contributed by atoms with van der Waals surface area (Å²) in [5, 5.41) is 8.44. The van der Waals surface area contributed by atoms with Crippen molar-refractivity contribution in [1.82, 2.24) is 4.90 Å². The highest BCUT2D eigenvalue weighted by molar-refractivity contribution is 5.82. The molecular weight excluding hydrogens is 196 g/mol. The van der Waals surface area contributed by atoms with E-state index in [9.17, 15) is 9.59 Å². The van der Waals surface area contributed by atoms with Gasteiger partial charge >= 0.3 is 5.97 Å². The predicted molar refractivity (Wildman–Crippen MR) is 57.4 cm³/mol. The second kappa shape index (κ2) is 7.23. The summed E-state index contributed by atoms with van der Waals surface area (Å²) in [6.45, 7) is 2.72. The van der Waals surface area contributed by atoms with Gasteiger partial charge in [-0.15, -0.1) is 0 Å². The van der Waals surface area contributed by atoms with Crippen LogP contribution in [0.4, 0.5) is 0 Å². The molecule has 0 aliphatic rings. The Labute approximate surface area is 90.2 Å². The third kappa shape index (κ3) is 6.06. The quantitative estimate of drug-likeness (QED) is 0.646. The monoisotopic (exact) mass is 216 g/mol. The van der Waals surface area contributed by atoms with Gasteiger partial charge in [-0.1, -0.05) is 13.3 Å². The number of carbonyl (C=O) groups is 2. The number of nitrogens with zero attached hydrogens (tertiary/aromatic N) is 1. The number of nitrogens with two attached hydrogens (primary N) is 1. The van der Waals surface area contributed by atoms with E-state index in [-0.39, 0.29) is 18.7 Å². The molecule has 5 nitrogen and oxygen atoms in total. The van der Waals surface area contributed by atoms with Crippen LogP contribution in [-0.2, 0) is 9.59 Å². The summed E-state index contributed by atoms with van der Waals surface area (Å²) in [7, 11) is 1.69. The van der Waals surface area contributed by atoms with Gasteiger partial charge in [0.2, 0.25) is 5.91 Å². The van der Waals surface area contributed by atoms with Gasteiger partial charge in [0.15, 0.2) is 0 Å². The van der Waals surface area contributed by atoms with Crippen molar-refractivity contribution in [2.45, 2.75) is 38.6 Å². The fourth-order valence-corrected chi connectivity index (χ4v) is 1.19. The lowest BCUT2D eigenvalue weighted by Crippen LogP contribution is -2.42. The smallest absolute Gasteiger partial charge is 0.303 e. The first-order chi connectivity index (χ1) is 6.99. The second-order valence-electron chi connectivity index (χ2n) is 3.65. The number of carbonyl (C=O) groups excluding carboxylic acids is 1. The molecule has 0 saturated heterocycles. The van der Waals surface area contributed by atoms with E-state index < -0.39 is 12.0 Å². The highest BCUT2D eigenvalue weighted by Gasteiger charge is 2.18. The van der Waals surface area contributed by atoms with Crippen LogP contribution in [0.15, 0.2) is 0 Å². The molecular formula is C10H20N2O3. The maximum absolute atomic E-state index is 11.6. The zero-order chi connectivity index (χ0) is 11.8. The largest absolute Gasteiger partial charge is 0.481 e. The lowest BCUT2D eigenvalue weighted by atomic mass is 10.1. The lowest BCUT2D eigenvalue weighted by Gasteiger charge is -2.20. The van der Waals surface area contributed by atoms with Crippen molar-refractivity contribution in [3.63, 3.8) is 0 Å².